The Labute approximate surface area is 123 Å². The first-order chi connectivity index (χ1) is 10.0. The van der Waals surface area contributed by atoms with Crippen LogP contribution in [0.5, 0.6) is 0 Å². The van der Waals surface area contributed by atoms with Crippen LogP contribution >= 0.6 is 0 Å². The molecule has 4 N–H and O–H groups in total. The van der Waals surface area contributed by atoms with Gasteiger partial charge in [-0.1, -0.05) is 30.3 Å². The molecule has 5 nitrogen and oxygen atoms in total. The van der Waals surface area contributed by atoms with Gasteiger partial charge in [0, 0.05) is 5.69 Å². The van der Waals surface area contributed by atoms with Crippen LogP contribution in [0.3, 0.4) is 0 Å². The molecule has 110 valence electrons. The summed E-state index contributed by atoms with van der Waals surface area (Å²) in [4.78, 5) is 0.0772. The lowest BCUT2D eigenvalue weighted by Gasteiger charge is -2.11. The molecular weight excluding hydrogens is 288 g/mol. The minimum Gasteiger partial charge on any atom is -0.405 e. The third-order valence-electron chi connectivity index (χ3n) is 2.83. The van der Waals surface area contributed by atoms with Gasteiger partial charge < -0.3 is 10.8 Å². The van der Waals surface area contributed by atoms with E-state index >= 15 is 0 Å². The highest BCUT2D eigenvalue weighted by atomic mass is 32.2. The molecule has 0 aliphatic carbocycles. The minimum atomic E-state index is -3.70. The molecule has 0 fully saturated rings. The van der Waals surface area contributed by atoms with E-state index in [4.69, 9.17) is 5.73 Å². The molecule has 2 rings (SSSR count). The number of nitrogens with two attached hydrogens (primary N) is 1. The smallest absolute Gasteiger partial charge is 0.261 e. The Morgan fingerprint density at radius 2 is 1.81 bits per heavy atom. The highest BCUT2D eigenvalue weighted by Gasteiger charge is 2.15. The summed E-state index contributed by atoms with van der Waals surface area (Å²) < 4.78 is 27.1. The topological polar surface area (TPSA) is 92.4 Å². The van der Waals surface area contributed by atoms with Crippen molar-refractivity contribution in [2.75, 3.05) is 4.72 Å². The van der Waals surface area contributed by atoms with Crippen molar-refractivity contribution in [1.82, 2.24) is 0 Å². The molecule has 0 radical (unpaired) electrons. The molecule has 0 saturated carbocycles. The predicted octanol–water partition coefficient (Wildman–Crippen LogP) is 1.99. The number of rotatable bonds is 5. The van der Waals surface area contributed by atoms with E-state index in [1.807, 2.05) is 0 Å². The van der Waals surface area contributed by atoms with Crippen molar-refractivity contribution in [3.63, 3.8) is 0 Å². The van der Waals surface area contributed by atoms with E-state index in [1.54, 1.807) is 42.5 Å². The van der Waals surface area contributed by atoms with E-state index in [2.05, 4.69) is 4.72 Å². The largest absolute Gasteiger partial charge is 0.405 e. The fourth-order valence-corrected chi connectivity index (χ4v) is 2.92. The summed E-state index contributed by atoms with van der Waals surface area (Å²) in [5, 5.41) is 9.82. The van der Waals surface area contributed by atoms with Crippen molar-refractivity contribution < 1.29 is 13.5 Å². The van der Waals surface area contributed by atoms with Gasteiger partial charge in [-0.05, 0) is 42.1 Å². The molecule has 2 aromatic carbocycles. The Hall–Kier alpha value is -2.31. The molecule has 0 spiro atoms. The Bertz CT molecular complexity index is 728. The third kappa shape index (κ3) is 3.84. The number of aliphatic hydroxyl groups excluding tert-OH is 1. The number of anilines is 1. The van der Waals surface area contributed by atoms with Crippen molar-refractivity contribution in [3.05, 3.63) is 72.4 Å². The van der Waals surface area contributed by atoms with Gasteiger partial charge in [-0.15, -0.1) is 0 Å². The zero-order valence-corrected chi connectivity index (χ0v) is 12.0. The first-order valence-electron chi connectivity index (χ1n) is 6.27. The van der Waals surface area contributed by atoms with Gasteiger partial charge in [-0.2, -0.15) is 0 Å². The molecule has 1 unspecified atom stereocenters. The van der Waals surface area contributed by atoms with Gasteiger partial charge in [0.25, 0.3) is 10.0 Å². The van der Waals surface area contributed by atoms with E-state index in [9.17, 15) is 13.5 Å². The van der Waals surface area contributed by atoms with Gasteiger partial charge in [0.15, 0.2) is 0 Å². The molecule has 6 heteroatoms. The van der Waals surface area contributed by atoms with E-state index in [0.29, 0.717) is 11.3 Å². The molecule has 0 heterocycles. The molecule has 1 atom stereocenters. The van der Waals surface area contributed by atoms with Crippen LogP contribution in [-0.4, -0.2) is 13.5 Å². The first-order valence-corrected chi connectivity index (χ1v) is 7.75. The van der Waals surface area contributed by atoms with Crippen LogP contribution in [0.2, 0.25) is 0 Å². The second-order valence-corrected chi connectivity index (χ2v) is 6.06. The zero-order chi connectivity index (χ0) is 15.3. The predicted molar refractivity (Wildman–Crippen MR) is 82.0 cm³/mol. The zero-order valence-electron chi connectivity index (χ0n) is 11.2. The second-order valence-electron chi connectivity index (χ2n) is 4.37. The van der Waals surface area contributed by atoms with Crippen LogP contribution in [-0.2, 0) is 10.0 Å². The van der Waals surface area contributed by atoms with Gasteiger partial charge >= 0.3 is 0 Å². The Balaban J connectivity index is 2.30. The molecule has 21 heavy (non-hydrogen) atoms. The number of hydrogen-bond donors (Lipinski definition) is 3. The van der Waals surface area contributed by atoms with Crippen LogP contribution < -0.4 is 10.5 Å². The van der Waals surface area contributed by atoms with Crippen LogP contribution in [0, 0.1) is 0 Å². The third-order valence-corrected chi connectivity index (χ3v) is 4.21. The van der Waals surface area contributed by atoms with Crippen molar-refractivity contribution in [2.45, 2.75) is 11.0 Å². The second kappa shape index (κ2) is 6.43. The average molecular weight is 304 g/mol. The summed E-state index contributed by atoms with van der Waals surface area (Å²) >= 11 is 0. The van der Waals surface area contributed by atoms with Crippen molar-refractivity contribution >= 4 is 15.7 Å². The lowest BCUT2D eigenvalue weighted by molar-refractivity contribution is 0.228. The van der Waals surface area contributed by atoms with Crippen LogP contribution in [0.15, 0.2) is 71.8 Å². The first kappa shape index (κ1) is 15.1. The van der Waals surface area contributed by atoms with Gasteiger partial charge in [-0.25, -0.2) is 8.42 Å². The molecule has 0 saturated heterocycles. The lowest BCUT2D eigenvalue weighted by atomic mass is 10.1. The minimum absolute atomic E-state index is 0.0772. The SMILES string of the molecule is N/C=C/C(O)c1cccc(S(=O)(=O)Nc2ccccc2)c1. The summed E-state index contributed by atoms with van der Waals surface area (Å²) in [5.41, 5.74) is 6.15. The number of hydrogen-bond acceptors (Lipinski definition) is 4. The number of benzene rings is 2. The Morgan fingerprint density at radius 3 is 2.48 bits per heavy atom. The van der Waals surface area contributed by atoms with Gasteiger partial charge in [0.2, 0.25) is 0 Å². The highest BCUT2D eigenvalue weighted by Crippen LogP contribution is 2.20. The lowest BCUT2D eigenvalue weighted by Crippen LogP contribution is -2.13. The fraction of sp³-hybridized carbons (Fsp3) is 0.0667. The molecule has 2 aromatic rings. The van der Waals surface area contributed by atoms with E-state index in [0.717, 1.165) is 0 Å². The standard InChI is InChI=1S/C15H16N2O3S/c16-10-9-15(18)12-5-4-8-14(11-12)21(19,20)17-13-6-2-1-3-7-13/h1-11,15,17-18H,16H2/b10-9+. The van der Waals surface area contributed by atoms with E-state index < -0.39 is 16.1 Å². The summed E-state index contributed by atoms with van der Waals surface area (Å²) in [7, 11) is -3.70. The van der Waals surface area contributed by atoms with Crippen LogP contribution in [0.4, 0.5) is 5.69 Å². The van der Waals surface area contributed by atoms with E-state index in [1.165, 1.54) is 24.4 Å². The normalized spacial score (nSPS) is 13.2. The monoisotopic (exact) mass is 304 g/mol. The maximum Gasteiger partial charge on any atom is 0.261 e. The summed E-state index contributed by atoms with van der Waals surface area (Å²) in [5.74, 6) is 0. The van der Waals surface area contributed by atoms with E-state index in [-0.39, 0.29) is 4.90 Å². The maximum atomic E-state index is 12.3. The molecule has 0 amide bonds. The highest BCUT2D eigenvalue weighted by molar-refractivity contribution is 7.92. The molecule has 0 aromatic heterocycles. The maximum absolute atomic E-state index is 12.3. The van der Waals surface area contributed by atoms with Crippen LogP contribution in [0.1, 0.15) is 11.7 Å². The number of aliphatic hydroxyl groups is 1. The van der Waals surface area contributed by atoms with Crippen molar-refractivity contribution in [1.29, 1.82) is 0 Å². The molecular formula is C15H16N2O3S. The fourth-order valence-electron chi connectivity index (χ4n) is 1.80. The summed E-state index contributed by atoms with van der Waals surface area (Å²) in [6.45, 7) is 0. The van der Waals surface area contributed by atoms with Gasteiger partial charge in [0.1, 0.15) is 0 Å². The summed E-state index contributed by atoms with van der Waals surface area (Å²) in [6, 6.07) is 14.7. The average Bonchev–Trinajstić information content (AvgIpc) is 2.48. The molecule has 0 bridgehead atoms. The van der Waals surface area contributed by atoms with Crippen molar-refractivity contribution in [2.24, 2.45) is 5.73 Å². The van der Waals surface area contributed by atoms with Gasteiger partial charge in [-0.3, -0.25) is 4.72 Å². The molecule has 0 aliphatic heterocycles. The molecule has 0 aliphatic rings. The number of para-hydroxylation sites is 1. The van der Waals surface area contributed by atoms with Crippen molar-refractivity contribution in [3.8, 4) is 0 Å². The van der Waals surface area contributed by atoms with Gasteiger partial charge in [0.05, 0.1) is 11.0 Å². The number of nitrogens with one attached hydrogen (secondary N) is 1. The Morgan fingerprint density at radius 1 is 1.10 bits per heavy atom. The Kier molecular flexibility index (Phi) is 4.62. The number of sulfonamides is 1. The summed E-state index contributed by atoms with van der Waals surface area (Å²) in [6.07, 6.45) is 1.65. The quantitative estimate of drug-likeness (QED) is 0.787. The van der Waals surface area contributed by atoms with Crippen LogP contribution in [0.25, 0.3) is 0 Å².